The molecule has 1 saturated carbocycles. The Morgan fingerprint density at radius 2 is 2.05 bits per heavy atom. The zero-order chi connectivity index (χ0) is 14.4. The van der Waals surface area contributed by atoms with Gasteiger partial charge in [-0.2, -0.15) is 0 Å². The van der Waals surface area contributed by atoms with Gasteiger partial charge >= 0.3 is 0 Å². The molecule has 0 radical (unpaired) electrons. The van der Waals surface area contributed by atoms with Crippen molar-refractivity contribution in [3.05, 3.63) is 0 Å². The van der Waals surface area contributed by atoms with Crippen molar-refractivity contribution in [1.82, 2.24) is 9.80 Å². The Morgan fingerprint density at radius 3 is 2.80 bits per heavy atom. The smallest absolute Gasteiger partial charge is 0.0829 e. The predicted octanol–water partition coefficient (Wildman–Crippen LogP) is 1.84. The van der Waals surface area contributed by atoms with Gasteiger partial charge in [0.05, 0.1) is 25.4 Å². The zero-order valence-corrected chi connectivity index (χ0v) is 13.5. The van der Waals surface area contributed by atoms with Crippen LogP contribution in [0.3, 0.4) is 0 Å². The highest BCUT2D eigenvalue weighted by Gasteiger charge is 2.23. The highest BCUT2D eigenvalue weighted by molar-refractivity contribution is 4.75. The molecule has 4 heteroatoms. The summed E-state index contributed by atoms with van der Waals surface area (Å²) in [6.07, 6.45) is 6.18. The average Bonchev–Trinajstić information content (AvgIpc) is 2.41. The van der Waals surface area contributed by atoms with Crippen LogP contribution in [0.2, 0.25) is 0 Å². The van der Waals surface area contributed by atoms with Crippen molar-refractivity contribution < 1.29 is 9.47 Å². The van der Waals surface area contributed by atoms with Crippen LogP contribution in [-0.2, 0) is 9.47 Å². The van der Waals surface area contributed by atoms with E-state index in [1.165, 1.54) is 25.7 Å². The zero-order valence-electron chi connectivity index (χ0n) is 13.5. The van der Waals surface area contributed by atoms with E-state index >= 15 is 0 Å². The first-order valence-corrected chi connectivity index (χ1v) is 8.25. The van der Waals surface area contributed by atoms with E-state index in [0.717, 1.165) is 45.3 Å². The third-order valence-corrected chi connectivity index (χ3v) is 4.56. The molecule has 3 atom stereocenters. The fraction of sp³-hybridized carbons (Fsp3) is 1.00. The van der Waals surface area contributed by atoms with E-state index in [4.69, 9.17) is 9.47 Å². The van der Waals surface area contributed by atoms with Gasteiger partial charge in [0.25, 0.3) is 0 Å². The lowest BCUT2D eigenvalue weighted by Gasteiger charge is -2.35. The number of morpholine rings is 1. The van der Waals surface area contributed by atoms with Crippen LogP contribution in [0.25, 0.3) is 0 Å². The highest BCUT2D eigenvalue weighted by Crippen LogP contribution is 2.26. The number of hydrogen-bond acceptors (Lipinski definition) is 4. The Kier molecular flexibility index (Phi) is 6.75. The molecule has 0 aromatic carbocycles. The molecule has 2 aliphatic rings. The van der Waals surface area contributed by atoms with E-state index in [2.05, 4.69) is 30.8 Å². The molecule has 0 N–H and O–H groups in total. The fourth-order valence-corrected chi connectivity index (χ4v) is 3.36. The summed E-state index contributed by atoms with van der Waals surface area (Å²) < 4.78 is 11.9. The van der Waals surface area contributed by atoms with Crippen molar-refractivity contribution >= 4 is 0 Å². The van der Waals surface area contributed by atoms with Crippen LogP contribution in [0.4, 0.5) is 0 Å². The molecular formula is C16H32N2O2. The van der Waals surface area contributed by atoms with Gasteiger partial charge in [-0.15, -0.1) is 0 Å². The lowest BCUT2D eigenvalue weighted by Crippen LogP contribution is -2.47. The monoisotopic (exact) mass is 284 g/mol. The van der Waals surface area contributed by atoms with Gasteiger partial charge in [-0.05, 0) is 32.9 Å². The van der Waals surface area contributed by atoms with E-state index in [0.29, 0.717) is 12.2 Å². The van der Waals surface area contributed by atoms with Crippen molar-refractivity contribution in [1.29, 1.82) is 0 Å². The molecule has 0 aromatic rings. The van der Waals surface area contributed by atoms with E-state index < -0.39 is 0 Å². The van der Waals surface area contributed by atoms with E-state index in [9.17, 15) is 0 Å². The van der Waals surface area contributed by atoms with Crippen LogP contribution in [0.15, 0.2) is 0 Å². The summed E-state index contributed by atoms with van der Waals surface area (Å²) in [6, 6.07) is 0. The second-order valence-corrected chi connectivity index (χ2v) is 6.73. The summed E-state index contributed by atoms with van der Waals surface area (Å²) in [5.74, 6) is 0.745. The van der Waals surface area contributed by atoms with Gasteiger partial charge < -0.3 is 14.4 Å². The maximum atomic E-state index is 6.12. The van der Waals surface area contributed by atoms with Gasteiger partial charge in [0.2, 0.25) is 0 Å². The summed E-state index contributed by atoms with van der Waals surface area (Å²) in [5, 5.41) is 0. The standard InChI is InChI=1S/C16H32N2O2/c1-14-6-4-5-7-16(14)20-11-9-18-8-10-19-15(13-18)12-17(2)3/h14-16H,4-13H2,1-3H3/t14-,15-,16-/m1/s1. The van der Waals surface area contributed by atoms with Crippen LogP contribution < -0.4 is 0 Å². The molecule has 20 heavy (non-hydrogen) atoms. The van der Waals surface area contributed by atoms with Crippen molar-refractivity contribution in [3.8, 4) is 0 Å². The van der Waals surface area contributed by atoms with Crippen LogP contribution in [0.1, 0.15) is 32.6 Å². The van der Waals surface area contributed by atoms with E-state index in [1.807, 2.05) is 0 Å². The summed E-state index contributed by atoms with van der Waals surface area (Å²) in [5.41, 5.74) is 0. The Hall–Kier alpha value is -0.160. The molecule has 2 fully saturated rings. The Bertz CT molecular complexity index is 273. The van der Waals surface area contributed by atoms with E-state index in [-0.39, 0.29) is 0 Å². The summed E-state index contributed by atoms with van der Waals surface area (Å²) in [6.45, 7) is 8.23. The first-order valence-electron chi connectivity index (χ1n) is 8.25. The van der Waals surface area contributed by atoms with Crippen LogP contribution in [-0.4, -0.2) is 75.5 Å². The lowest BCUT2D eigenvalue weighted by molar-refractivity contribution is -0.0577. The third-order valence-electron chi connectivity index (χ3n) is 4.56. The second-order valence-electron chi connectivity index (χ2n) is 6.73. The van der Waals surface area contributed by atoms with Crippen molar-refractivity contribution in [2.45, 2.75) is 44.8 Å². The first kappa shape index (κ1) is 16.2. The molecule has 1 aliphatic heterocycles. The Labute approximate surface area is 124 Å². The molecule has 0 unspecified atom stereocenters. The molecule has 0 bridgehead atoms. The van der Waals surface area contributed by atoms with E-state index in [1.54, 1.807) is 0 Å². The molecule has 118 valence electrons. The molecular weight excluding hydrogens is 252 g/mol. The minimum Gasteiger partial charge on any atom is -0.377 e. The third kappa shape index (κ3) is 5.32. The molecule has 1 saturated heterocycles. The number of likely N-dealkylation sites (N-methyl/N-ethyl adjacent to an activating group) is 1. The molecule has 0 aromatic heterocycles. The first-order chi connectivity index (χ1) is 9.65. The minimum absolute atomic E-state index is 0.354. The molecule has 2 rings (SSSR count). The van der Waals surface area contributed by atoms with Crippen LogP contribution in [0.5, 0.6) is 0 Å². The molecule has 0 amide bonds. The number of nitrogens with zero attached hydrogens (tertiary/aromatic N) is 2. The maximum absolute atomic E-state index is 6.12. The van der Waals surface area contributed by atoms with Gasteiger partial charge in [-0.25, -0.2) is 0 Å². The minimum atomic E-state index is 0.354. The Balaban J connectivity index is 1.63. The van der Waals surface area contributed by atoms with Crippen molar-refractivity contribution in [2.24, 2.45) is 5.92 Å². The highest BCUT2D eigenvalue weighted by atomic mass is 16.5. The van der Waals surface area contributed by atoms with Gasteiger partial charge in [-0.1, -0.05) is 19.8 Å². The lowest BCUT2D eigenvalue weighted by atomic mass is 9.88. The number of hydrogen-bond donors (Lipinski definition) is 0. The maximum Gasteiger partial charge on any atom is 0.0829 e. The molecule has 1 heterocycles. The van der Waals surface area contributed by atoms with Gasteiger partial charge in [0.15, 0.2) is 0 Å². The topological polar surface area (TPSA) is 24.9 Å². The summed E-state index contributed by atoms with van der Waals surface area (Å²) in [4.78, 5) is 4.69. The van der Waals surface area contributed by atoms with Gasteiger partial charge in [0, 0.05) is 26.2 Å². The fourth-order valence-electron chi connectivity index (χ4n) is 3.36. The predicted molar refractivity (Wildman–Crippen MR) is 82.1 cm³/mol. The summed E-state index contributed by atoms with van der Waals surface area (Å²) >= 11 is 0. The van der Waals surface area contributed by atoms with Crippen LogP contribution in [0, 0.1) is 5.92 Å². The molecule has 1 aliphatic carbocycles. The summed E-state index contributed by atoms with van der Waals surface area (Å²) in [7, 11) is 4.21. The SMILES string of the molecule is C[C@@H]1CCCC[C@H]1OCCN1CCO[C@H](CN(C)C)C1. The number of rotatable bonds is 6. The molecule has 0 spiro atoms. The Morgan fingerprint density at radius 1 is 1.25 bits per heavy atom. The largest absolute Gasteiger partial charge is 0.377 e. The van der Waals surface area contributed by atoms with Crippen LogP contribution >= 0.6 is 0 Å². The van der Waals surface area contributed by atoms with Gasteiger partial charge in [-0.3, -0.25) is 4.90 Å². The van der Waals surface area contributed by atoms with Crippen molar-refractivity contribution in [2.75, 3.05) is 53.5 Å². The second kappa shape index (κ2) is 8.32. The average molecular weight is 284 g/mol. The van der Waals surface area contributed by atoms with Crippen molar-refractivity contribution in [3.63, 3.8) is 0 Å². The quantitative estimate of drug-likeness (QED) is 0.743. The van der Waals surface area contributed by atoms with Gasteiger partial charge in [0.1, 0.15) is 0 Å². The number of ether oxygens (including phenoxy) is 2. The molecule has 4 nitrogen and oxygen atoms in total. The normalized spacial score (nSPS) is 32.7.